The van der Waals surface area contributed by atoms with Gasteiger partial charge in [0.25, 0.3) is 5.56 Å². The molecule has 0 aliphatic carbocycles. The van der Waals surface area contributed by atoms with Crippen LogP contribution in [0.4, 0.5) is 0 Å². The van der Waals surface area contributed by atoms with E-state index < -0.39 is 11.1 Å². The number of aromatic amines is 1. The maximum Gasteiger partial charge on any atom is 0.328 e. The third-order valence-corrected chi connectivity index (χ3v) is 5.02. The van der Waals surface area contributed by atoms with E-state index in [9.17, 15) is 14.4 Å². The molecule has 1 atom stereocenters. The summed E-state index contributed by atoms with van der Waals surface area (Å²) in [6.45, 7) is 12.3. The standard InChI is InChI=1S/C21H36N2O6/c1-16(2)15-21(5,17(3)4)19(25)29-14-13-28-12-11-27-10-6-9-23-18(24)7-8-22-20(23)26/h7-8,16-17H,6,9-15H2,1-5H3,(H,22,26). The minimum atomic E-state index is -0.486. The normalized spacial score (nSPS) is 13.6. The molecule has 1 N–H and O–H groups in total. The van der Waals surface area contributed by atoms with Crippen molar-refractivity contribution in [1.29, 1.82) is 0 Å². The van der Waals surface area contributed by atoms with Crippen LogP contribution in [0.1, 0.15) is 47.5 Å². The van der Waals surface area contributed by atoms with Crippen LogP contribution in [0.25, 0.3) is 0 Å². The number of hydrogen-bond donors (Lipinski definition) is 1. The van der Waals surface area contributed by atoms with Crippen molar-refractivity contribution in [1.82, 2.24) is 9.55 Å². The third-order valence-electron chi connectivity index (χ3n) is 5.02. The SMILES string of the molecule is CC(C)CC(C)(C(=O)OCCOCCOCCCn1c(=O)cc[nH]c1=O)C(C)C. The smallest absolute Gasteiger partial charge is 0.328 e. The Hall–Kier alpha value is -1.93. The Morgan fingerprint density at radius 3 is 2.28 bits per heavy atom. The van der Waals surface area contributed by atoms with Crippen molar-refractivity contribution in [3.05, 3.63) is 33.1 Å². The van der Waals surface area contributed by atoms with Gasteiger partial charge in [-0.1, -0.05) is 27.7 Å². The van der Waals surface area contributed by atoms with Gasteiger partial charge in [0.05, 0.1) is 25.2 Å². The molecule has 0 saturated carbocycles. The molecule has 166 valence electrons. The van der Waals surface area contributed by atoms with Crippen LogP contribution in [-0.2, 0) is 25.5 Å². The van der Waals surface area contributed by atoms with Gasteiger partial charge < -0.3 is 19.2 Å². The second kappa shape index (κ2) is 12.6. The number of aromatic nitrogens is 2. The lowest BCUT2D eigenvalue weighted by Crippen LogP contribution is -2.37. The number of hydrogen-bond acceptors (Lipinski definition) is 6. The van der Waals surface area contributed by atoms with Gasteiger partial charge in [-0.2, -0.15) is 0 Å². The van der Waals surface area contributed by atoms with Gasteiger partial charge in [-0.15, -0.1) is 0 Å². The van der Waals surface area contributed by atoms with Crippen molar-refractivity contribution < 1.29 is 19.0 Å². The molecular weight excluding hydrogens is 376 g/mol. The summed E-state index contributed by atoms with van der Waals surface area (Å²) in [7, 11) is 0. The number of rotatable bonds is 14. The average Bonchev–Trinajstić information content (AvgIpc) is 2.64. The number of carbonyl (C=O) groups excluding carboxylic acids is 1. The van der Waals surface area contributed by atoms with Crippen LogP contribution in [0.15, 0.2) is 21.9 Å². The van der Waals surface area contributed by atoms with E-state index in [1.165, 1.54) is 12.3 Å². The first kappa shape index (κ1) is 25.1. The van der Waals surface area contributed by atoms with Crippen molar-refractivity contribution >= 4 is 5.97 Å². The van der Waals surface area contributed by atoms with Crippen molar-refractivity contribution in [2.45, 2.75) is 54.0 Å². The van der Waals surface area contributed by atoms with E-state index in [1.807, 2.05) is 20.8 Å². The van der Waals surface area contributed by atoms with E-state index in [4.69, 9.17) is 14.2 Å². The Bertz CT molecular complexity index is 696. The van der Waals surface area contributed by atoms with E-state index in [0.29, 0.717) is 45.3 Å². The lowest BCUT2D eigenvalue weighted by Gasteiger charge is -2.32. The van der Waals surface area contributed by atoms with Crippen LogP contribution in [0.3, 0.4) is 0 Å². The fourth-order valence-electron chi connectivity index (χ4n) is 3.07. The molecule has 1 heterocycles. The summed E-state index contributed by atoms with van der Waals surface area (Å²) in [6.07, 6.45) is 2.67. The van der Waals surface area contributed by atoms with E-state index in [0.717, 1.165) is 11.0 Å². The van der Waals surface area contributed by atoms with Crippen LogP contribution in [0.5, 0.6) is 0 Å². The number of nitrogens with zero attached hydrogens (tertiary/aromatic N) is 1. The highest BCUT2D eigenvalue weighted by Crippen LogP contribution is 2.35. The predicted molar refractivity (Wildman–Crippen MR) is 111 cm³/mol. The lowest BCUT2D eigenvalue weighted by atomic mass is 9.73. The summed E-state index contributed by atoms with van der Waals surface area (Å²) in [4.78, 5) is 38.0. The van der Waals surface area contributed by atoms with Gasteiger partial charge in [0.2, 0.25) is 0 Å². The Morgan fingerprint density at radius 1 is 1.07 bits per heavy atom. The number of carbonyl (C=O) groups is 1. The molecule has 0 amide bonds. The Morgan fingerprint density at radius 2 is 1.69 bits per heavy atom. The first-order chi connectivity index (χ1) is 13.7. The summed E-state index contributed by atoms with van der Waals surface area (Å²) in [5.74, 6) is 0.448. The van der Waals surface area contributed by atoms with Gasteiger partial charge in [-0.3, -0.25) is 14.2 Å². The van der Waals surface area contributed by atoms with E-state index in [2.05, 4.69) is 18.8 Å². The topological polar surface area (TPSA) is 99.6 Å². The molecule has 1 rings (SSSR count). The van der Waals surface area contributed by atoms with E-state index in [1.54, 1.807) is 0 Å². The fraction of sp³-hybridized carbons (Fsp3) is 0.762. The molecule has 0 aromatic carbocycles. The second-order valence-electron chi connectivity index (χ2n) is 8.16. The molecule has 0 bridgehead atoms. The molecule has 0 fully saturated rings. The maximum absolute atomic E-state index is 12.5. The zero-order chi connectivity index (χ0) is 21.9. The van der Waals surface area contributed by atoms with Crippen LogP contribution in [0, 0.1) is 17.3 Å². The third kappa shape index (κ3) is 8.53. The zero-order valence-corrected chi connectivity index (χ0v) is 18.4. The van der Waals surface area contributed by atoms with Crippen LogP contribution in [0.2, 0.25) is 0 Å². The zero-order valence-electron chi connectivity index (χ0n) is 18.4. The van der Waals surface area contributed by atoms with Crippen LogP contribution >= 0.6 is 0 Å². The lowest BCUT2D eigenvalue weighted by molar-refractivity contribution is -0.160. The summed E-state index contributed by atoms with van der Waals surface area (Å²) < 4.78 is 17.4. The molecule has 0 aliphatic rings. The maximum atomic E-state index is 12.5. The summed E-state index contributed by atoms with van der Waals surface area (Å²) >= 11 is 0. The molecule has 0 aliphatic heterocycles. The van der Waals surface area contributed by atoms with E-state index in [-0.39, 0.29) is 24.1 Å². The fourth-order valence-corrected chi connectivity index (χ4v) is 3.07. The first-order valence-corrected chi connectivity index (χ1v) is 10.3. The summed E-state index contributed by atoms with van der Waals surface area (Å²) in [5, 5.41) is 0. The van der Waals surface area contributed by atoms with Crippen molar-refractivity contribution in [3.63, 3.8) is 0 Å². The van der Waals surface area contributed by atoms with E-state index >= 15 is 0 Å². The molecule has 0 saturated heterocycles. The van der Waals surface area contributed by atoms with Crippen LogP contribution < -0.4 is 11.2 Å². The number of ether oxygens (including phenoxy) is 3. The van der Waals surface area contributed by atoms with Crippen LogP contribution in [-0.4, -0.2) is 48.6 Å². The highest BCUT2D eigenvalue weighted by molar-refractivity contribution is 5.76. The van der Waals surface area contributed by atoms with Crippen molar-refractivity contribution in [2.24, 2.45) is 17.3 Å². The molecule has 0 spiro atoms. The minimum absolute atomic E-state index is 0.174. The highest BCUT2D eigenvalue weighted by atomic mass is 16.6. The molecule has 8 heteroatoms. The largest absolute Gasteiger partial charge is 0.463 e. The molecule has 1 aromatic heterocycles. The molecule has 29 heavy (non-hydrogen) atoms. The molecular formula is C21H36N2O6. The quantitative estimate of drug-likeness (QED) is 0.371. The molecule has 0 radical (unpaired) electrons. The average molecular weight is 413 g/mol. The van der Waals surface area contributed by atoms with Gasteiger partial charge in [-0.25, -0.2) is 4.79 Å². The Kier molecular flexibility index (Phi) is 10.9. The van der Waals surface area contributed by atoms with Crippen molar-refractivity contribution in [3.8, 4) is 0 Å². The van der Waals surface area contributed by atoms with Crippen molar-refractivity contribution in [2.75, 3.05) is 33.0 Å². The van der Waals surface area contributed by atoms with Gasteiger partial charge in [0.15, 0.2) is 0 Å². The summed E-state index contributed by atoms with van der Waals surface area (Å²) in [5.41, 5.74) is -1.23. The monoisotopic (exact) mass is 412 g/mol. The highest BCUT2D eigenvalue weighted by Gasteiger charge is 2.38. The number of H-pyrrole nitrogens is 1. The second-order valence-corrected chi connectivity index (χ2v) is 8.16. The van der Waals surface area contributed by atoms with Gasteiger partial charge >= 0.3 is 11.7 Å². The van der Waals surface area contributed by atoms with Gasteiger partial charge in [-0.05, 0) is 31.6 Å². The van der Waals surface area contributed by atoms with Gasteiger partial charge in [0, 0.05) is 25.4 Å². The molecule has 1 unspecified atom stereocenters. The summed E-state index contributed by atoms with van der Waals surface area (Å²) in [6, 6.07) is 1.31. The predicted octanol–water partition coefficient (Wildman–Crippen LogP) is 2.21. The number of nitrogens with one attached hydrogen (secondary N) is 1. The Balaban J connectivity index is 2.13. The molecule has 1 aromatic rings. The molecule has 8 nitrogen and oxygen atoms in total. The Labute approximate surface area is 172 Å². The first-order valence-electron chi connectivity index (χ1n) is 10.3. The minimum Gasteiger partial charge on any atom is -0.463 e. The number of esters is 1. The van der Waals surface area contributed by atoms with Gasteiger partial charge in [0.1, 0.15) is 6.61 Å².